The van der Waals surface area contributed by atoms with Gasteiger partial charge in [-0.3, -0.25) is 0 Å². The minimum absolute atomic E-state index is 0.0340. The van der Waals surface area contributed by atoms with Crippen LogP contribution in [0.2, 0.25) is 0 Å². The molecule has 0 heterocycles. The molecule has 0 aromatic rings. The first-order valence-electron chi connectivity index (χ1n) is 6.34. The summed E-state index contributed by atoms with van der Waals surface area (Å²) in [5, 5.41) is 0. The van der Waals surface area contributed by atoms with Crippen molar-refractivity contribution >= 4 is 0 Å². The third kappa shape index (κ3) is 4.12. The van der Waals surface area contributed by atoms with E-state index in [4.69, 9.17) is 10.5 Å². The topological polar surface area (TPSA) is 35.2 Å². The second-order valence-corrected chi connectivity index (χ2v) is 5.85. The van der Waals surface area contributed by atoms with E-state index in [1.54, 1.807) is 0 Å². The van der Waals surface area contributed by atoms with Crippen LogP contribution < -0.4 is 5.73 Å². The summed E-state index contributed by atoms with van der Waals surface area (Å²) in [6, 6.07) is 0. The molecule has 0 radical (unpaired) electrons. The fourth-order valence-electron chi connectivity index (χ4n) is 2.51. The van der Waals surface area contributed by atoms with Gasteiger partial charge in [-0.25, -0.2) is 0 Å². The third-order valence-electron chi connectivity index (χ3n) is 3.42. The summed E-state index contributed by atoms with van der Waals surface area (Å²) in [4.78, 5) is 0. The van der Waals surface area contributed by atoms with Gasteiger partial charge < -0.3 is 10.5 Å². The number of nitrogens with two attached hydrogens (primary N) is 1. The number of ether oxygens (including phenoxy) is 1. The Balaban J connectivity index is 2.55. The van der Waals surface area contributed by atoms with Crippen LogP contribution in [-0.2, 0) is 4.74 Å². The van der Waals surface area contributed by atoms with Crippen LogP contribution in [0, 0.1) is 11.8 Å². The quantitative estimate of drug-likeness (QED) is 0.782. The Labute approximate surface area is 94.6 Å². The lowest BCUT2D eigenvalue weighted by atomic mass is 9.78. The zero-order valence-corrected chi connectivity index (χ0v) is 10.8. The van der Waals surface area contributed by atoms with Gasteiger partial charge in [0, 0.05) is 0 Å². The SMILES string of the molecule is CCC1CCC(CN)C(OC(C)(C)C)C1. The highest BCUT2D eigenvalue weighted by Gasteiger charge is 2.32. The molecule has 90 valence electrons. The predicted molar refractivity (Wildman–Crippen MR) is 64.8 cm³/mol. The Hall–Kier alpha value is -0.0800. The Morgan fingerprint density at radius 1 is 1.27 bits per heavy atom. The Morgan fingerprint density at radius 2 is 1.93 bits per heavy atom. The molecular formula is C13H27NO. The van der Waals surface area contributed by atoms with E-state index >= 15 is 0 Å². The highest BCUT2D eigenvalue weighted by molar-refractivity contribution is 4.82. The summed E-state index contributed by atoms with van der Waals surface area (Å²) >= 11 is 0. The van der Waals surface area contributed by atoms with Crippen LogP contribution in [0.4, 0.5) is 0 Å². The first kappa shape index (κ1) is 13.0. The molecule has 0 aromatic carbocycles. The van der Waals surface area contributed by atoms with Gasteiger partial charge in [0.05, 0.1) is 11.7 Å². The maximum Gasteiger partial charge on any atom is 0.0625 e. The van der Waals surface area contributed by atoms with E-state index in [0.717, 1.165) is 12.5 Å². The lowest BCUT2D eigenvalue weighted by Gasteiger charge is -2.39. The van der Waals surface area contributed by atoms with Crippen LogP contribution in [0.5, 0.6) is 0 Å². The molecule has 3 unspecified atom stereocenters. The summed E-state index contributed by atoms with van der Waals surface area (Å²) in [5.74, 6) is 1.42. The summed E-state index contributed by atoms with van der Waals surface area (Å²) in [6.45, 7) is 9.46. The van der Waals surface area contributed by atoms with Crippen molar-refractivity contribution < 1.29 is 4.74 Å². The Kier molecular flexibility index (Phi) is 4.60. The zero-order valence-electron chi connectivity index (χ0n) is 10.8. The summed E-state index contributed by atoms with van der Waals surface area (Å²) < 4.78 is 6.13. The van der Waals surface area contributed by atoms with E-state index in [-0.39, 0.29) is 5.60 Å². The molecule has 2 heteroatoms. The van der Waals surface area contributed by atoms with E-state index in [1.807, 2.05) is 0 Å². The fraction of sp³-hybridized carbons (Fsp3) is 1.00. The van der Waals surface area contributed by atoms with Crippen LogP contribution in [0.15, 0.2) is 0 Å². The lowest BCUT2D eigenvalue weighted by Crippen LogP contribution is -2.40. The normalized spacial score (nSPS) is 33.0. The van der Waals surface area contributed by atoms with Crippen molar-refractivity contribution in [2.75, 3.05) is 6.54 Å². The largest absolute Gasteiger partial charge is 0.372 e. The van der Waals surface area contributed by atoms with E-state index in [2.05, 4.69) is 27.7 Å². The lowest BCUT2D eigenvalue weighted by molar-refractivity contribution is -0.105. The number of hydrogen-bond acceptors (Lipinski definition) is 2. The van der Waals surface area contributed by atoms with Gasteiger partial charge in [0.15, 0.2) is 0 Å². The van der Waals surface area contributed by atoms with Crippen LogP contribution in [0.1, 0.15) is 53.4 Å². The molecule has 1 saturated carbocycles. The predicted octanol–water partition coefficient (Wildman–Crippen LogP) is 2.96. The molecule has 3 atom stereocenters. The van der Waals surface area contributed by atoms with Crippen molar-refractivity contribution in [3.05, 3.63) is 0 Å². The monoisotopic (exact) mass is 213 g/mol. The van der Waals surface area contributed by atoms with Gasteiger partial charge in [0.1, 0.15) is 0 Å². The van der Waals surface area contributed by atoms with Gasteiger partial charge in [0.25, 0.3) is 0 Å². The van der Waals surface area contributed by atoms with E-state index < -0.39 is 0 Å². The van der Waals surface area contributed by atoms with Crippen LogP contribution in [0.25, 0.3) is 0 Å². The molecular weight excluding hydrogens is 186 g/mol. The molecule has 0 bridgehead atoms. The van der Waals surface area contributed by atoms with Gasteiger partial charge in [-0.2, -0.15) is 0 Å². The van der Waals surface area contributed by atoms with Gasteiger partial charge in [0.2, 0.25) is 0 Å². The smallest absolute Gasteiger partial charge is 0.0625 e. The van der Waals surface area contributed by atoms with E-state index in [9.17, 15) is 0 Å². The van der Waals surface area contributed by atoms with Crippen LogP contribution >= 0.6 is 0 Å². The van der Waals surface area contributed by atoms with Crippen molar-refractivity contribution in [2.24, 2.45) is 17.6 Å². The third-order valence-corrected chi connectivity index (χ3v) is 3.42. The summed E-state index contributed by atoms with van der Waals surface area (Å²) in [6.07, 6.45) is 5.45. The van der Waals surface area contributed by atoms with Crippen LogP contribution in [-0.4, -0.2) is 18.2 Å². The molecule has 1 fully saturated rings. The number of rotatable bonds is 3. The second-order valence-electron chi connectivity index (χ2n) is 5.85. The maximum atomic E-state index is 6.13. The molecule has 1 aliphatic rings. The van der Waals surface area contributed by atoms with Crippen molar-refractivity contribution in [2.45, 2.75) is 65.1 Å². The molecule has 0 amide bonds. The van der Waals surface area contributed by atoms with Gasteiger partial charge in [-0.1, -0.05) is 13.3 Å². The highest BCUT2D eigenvalue weighted by atomic mass is 16.5. The van der Waals surface area contributed by atoms with E-state index in [0.29, 0.717) is 12.0 Å². The van der Waals surface area contributed by atoms with Gasteiger partial charge in [-0.05, 0) is 58.4 Å². The van der Waals surface area contributed by atoms with Crippen molar-refractivity contribution in [3.63, 3.8) is 0 Å². The highest BCUT2D eigenvalue weighted by Crippen LogP contribution is 2.34. The molecule has 0 aromatic heterocycles. The maximum absolute atomic E-state index is 6.13. The minimum Gasteiger partial charge on any atom is -0.372 e. The van der Waals surface area contributed by atoms with Crippen molar-refractivity contribution in [1.82, 2.24) is 0 Å². The Morgan fingerprint density at radius 3 is 2.40 bits per heavy atom. The van der Waals surface area contributed by atoms with E-state index in [1.165, 1.54) is 25.7 Å². The fourth-order valence-corrected chi connectivity index (χ4v) is 2.51. The molecule has 2 N–H and O–H groups in total. The molecule has 0 aliphatic heterocycles. The first-order chi connectivity index (χ1) is 6.96. The van der Waals surface area contributed by atoms with Crippen LogP contribution in [0.3, 0.4) is 0 Å². The average molecular weight is 213 g/mol. The zero-order chi connectivity index (χ0) is 11.5. The van der Waals surface area contributed by atoms with Gasteiger partial charge >= 0.3 is 0 Å². The number of hydrogen-bond donors (Lipinski definition) is 1. The Bertz CT molecular complexity index is 185. The standard InChI is InChI=1S/C13H27NO/c1-5-10-6-7-11(9-14)12(8-10)15-13(2,3)4/h10-12H,5-9,14H2,1-4H3. The second kappa shape index (κ2) is 5.31. The van der Waals surface area contributed by atoms with Crippen molar-refractivity contribution in [3.8, 4) is 0 Å². The average Bonchev–Trinajstić information content (AvgIpc) is 2.15. The minimum atomic E-state index is -0.0340. The van der Waals surface area contributed by atoms with Crippen molar-refractivity contribution in [1.29, 1.82) is 0 Å². The summed E-state index contributed by atoms with van der Waals surface area (Å²) in [5.41, 5.74) is 5.79. The van der Waals surface area contributed by atoms with Gasteiger partial charge in [-0.15, -0.1) is 0 Å². The molecule has 0 saturated heterocycles. The molecule has 15 heavy (non-hydrogen) atoms. The summed E-state index contributed by atoms with van der Waals surface area (Å²) in [7, 11) is 0. The molecule has 0 spiro atoms. The molecule has 2 nitrogen and oxygen atoms in total. The first-order valence-corrected chi connectivity index (χ1v) is 6.34. The molecule has 1 aliphatic carbocycles. The molecule has 1 rings (SSSR count).